The van der Waals surface area contributed by atoms with Gasteiger partial charge >= 0.3 is 0 Å². The highest BCUT2D eigenvalue weighted by atomic mass is 16.5. The van der Waals surface area contributed by atoms with E-state index in [4.69, 9.17) is 72.2 Å². The maximum atomic E-state index is 13.2. The quantitative estimate of drug-likeness (QED) is 0.624. The van der Waals surface area contributed by atoms with E-state index in [9.17, 15) is 4.79 Å². The van der Waals surface area contributed by atoms with Crippen LogP contribution in [0.15, 0.2) is 24.4 Å². The monoisotopic (exact) mass is 354 g/mol. The molecule has 0 spiro atoms. The van der Waals surface area contributed by atoms with Gasteiger partial charge in [0.25, 0.3) is 0 Å². The first-order chi connectivity index (χ1) is 12.7. The van der Waals surface area contributed by atoms with Crippen molar-refractivity contribution < 1.29 is 14.3 Å². The van der Waals surface area contributed by atoms with Crippen molar-refractivity contribution >= 4 is 79.6 Å². The third-order valence-corrected chi connectivity index (χ3v) is 4.90. The third-order valence-electron chi connectivity index (χ3n) is 4.90. The Hall–Kier alpha value is -1.49. The minimum absolute atomic E-state index is 0.217. The lowest BCUT2D eigenvalue weighted by Gasteiger charge is -2.70. The van der Waals surface area contributed by atoms with Gasteiger partial charge in [-0.05, 0) is 45.2 Å². The summed E-state index contributed by atoms with van der Waals surface area (Å²) in [6.45, 7) is 0. The summed E-state index contributed by atoms with van der Waals surface area (Å²) in [5, 5.41) is -8.58. The van der Waals surface area contributed by atoms with E-state index in [2.05, 4.69) is 4.98 Å². The van der Waals surface area contributed by atoms with Gasteiger partial charge in [0.05, 0.1) is 44.9 Å². The van der Waals surface area contributed by atoms with Crippen LogP contribution in [0.2, 0.25) is 0 Å². The first kappa shape index (κ1) is 21.2. The molecule has 1 N–H and O–H groups in total. The summed E-state index contributed by atoms with van der Waals surface area (Å²) < 4.78 is 10.3. The van der Waals surface area contributed by atoms with E-state index in [-0.39, 0.29) is 6.42 Å². The molecular formula is C15H10B8N2O3. The Morgan fingerprint density at radius 1 is 1.07 bits per heavy atom. The molecule has 3 rings (SSSR count). The Morgan fingerprint density at radius 2 is 1.64 bits per heavy atom. The fourth-order valence-corrected chi connectivity index (χ4v) is 3.18. The highest BCUT2D eigenvalue weighted by Crippen LogP contribution is 2.40. The van der Waals surface area contributed by atoms with Gasteiger partial charge in [-0.3, -0.25) is 4.79 Å². The predicted molar refractivity (Wildman–Crippen MR) is 113 cm³/mol. The maximum absolute atomic E-state index is 13.2. The normalized spacial score (nSPS) is 22.0. The van der Waals surface area contributed by atoms with Gasteiger partial charge in [0, 0.05) is 17.1 Å². The van der Waals surface area contributed by atoms with E-state index in [1.165, 1.54) is 7.11 Å². The van der Waals surface area contributed by atoms with E-state index in [0.29, 0.717) is 16.2 Å². The molecule has 1 aliphatic rings. The fraction of sp³-hybridized carbons (Fsp3) is 0.400. The summed E-state index contributed by atoms with van der Waals surface area (Å²) in [5.74, 6) is -0.111. The van der Waals surface area contributed by atoms with Crippen molar-refractivity contribution in [2.45, 2.75) is 27.9 Å². The van der Waals surface area contributed by atoms with Crippen LogP contribution in [-0.4, -0.2) is 107 Å². The number of amides is 1. The molecule has 2 aromatic rings. The van der Waals surface area contributed by atoms with E-state index in [1.807, 2.05) is 0 Å². The second kappa shape index (κ2) is 6.51. The summed E-state index contributed by atoms with van der Waals surface area (Å²) >= 11 is 0. The maximum Gasteiger partial charge on any atom is 0.225 e. The zero-order chi connectivity index (χ0) is 21.1. The molecule has 16 radical (unpaired) electrons. The second-order valence-electron chi connectivity index (χ2n) is 6.97. The van der Waals surface area contributed by atoms with Crippen LogP contribution in [0.1, 0.15) is 5.56 Å². The topological polar surface area (TPSA) is 54.6 Å². The first-order valence-electron chi connectivity index (χ1n) is 8.23. The van der Waals surface area contributed by atoms with Crippen LogP contribution in [0.25, 0.3) is 10.9 Å². The number of methoxy groups -OCH3 is 1. The number of nitrogens with one attached hydrogen (secondary N) is 1. The lowest BCUT2D eigenvalue weighted by atomic mass is 9.30. The van der Waals surface area contributed by atoms with Crippen LogP contribution in [0, 0.1) is 0 Å². The number of aromatic nitrogens is 1. The molecule has 1 aromatic carbocycles. The molecule has 13 heteroatoms. The number of H-pyrrole nitrogens is 1. The van der Waals surface area contributed by atoms with E-state index < -0.39 is 27.4 Å². The molecular weight excluding hydrogens is 343 g/mol. The van der Waals surface area contributed by atoms with Crippen molar-refractivity contribution in [2.75, 3.05) is 7.11 Å². The number of ether oxygens (including phenoxy) is 2. The van der Waals surface area contributed by atoms with Gasteiger partial charge in [-0.15, -0.1) is 0 Å². The molecule has 1 aliphatic heterocycles. The van der Waals surface area contributed by atoms with Gasteiger partial charge < -0.3 is 19.4 Å². The Balaban J connectivity index is 2.02. The van der Waals surface area contributed by atoms with Gasteiger partial charge in [0.2, 0.25) is 5.91 Å². The van der Waals surface area contributed by atoms with Gasteiger partial charge in [-0.2, -0.15) is 0 Å². The summed E-state index contributed by atoms with van der Waals surface area (Å²) in [7, 11) is 48.7. The van der Waals surface area contributed by atoms with Gasteiger partial charge in [-0.1, -0.05) is 0 Å². The van der Waals surface area contributed by atoms with Crippen molar-refractivity contribution in [3.05, 3.63) is 30.0 Å². The minimum atomic E-state index is -2.34. The fourth-order valence-electron chi connectivity index (χ4n) is 3.18. The Morgan fingerprint density at radius 3 is 2.18 bits per heavy atom. The number of hydrogen-bond donors (Lipinski definition) is 1. The van der Waals surface area contributed by atoms with Crippen LogP contribution in [0.5, 0.6) is 5.75 Å². The number of benzene rings is 1. The van der Waals surface area contributed by atoms with Gasteiger partial charge in [0.1, 0.15) is 37.1 Å². The highest BCUT2D eigenvalue weighted by molar-refractivity contribution is 6.59. The molecule has 122 valence electrons. The smallest absolute Gasteiger partial charge is 0.225 e. The molecule has 0 saturated carbocycles. The highest BCUT2D eigenvalue weighted by Gasteiger charge is 2.58. The first-order valence-corrected chi connectivity index (χ1v) is 8.23. The minimum Gasteiger partial charge on any atom is -0.497 e. The number of nitrogens with zero attached hydrogens (tertiary/aromatic N) is 1. The van der Waals surface area contributed by atoms with Crippen molar-refractivity contribution in [3.63, 3.8) is 0 Å². The molecule has 28 heavy (non-hydrogen) atoms. The van der Waals surface area contributed by atoms with Crippen molar-refractivity contribution in [3.8, 4) is 5.75 Å². The molecule has 1 aromatic heterocycles. The number of hydrogen-bond acceptors (Lipinski definition) is 3. The average Bonchev–Trinajstić information content (AvgIpc) is 2.94. The molecule has 2 heterocycles. The lowest BCUT2D eigenvalue weighted by Crippen LogP contribution is -2.86. The lowest BCUT2D eigenvalue weighted by molar-refractivity contribution is -0.156. The molecule has 1 saturated heterocycles. The summed E-state index contributed by atoms with van der Waals surface area (Å²) in [6.07, 6.45) is 1.42. The van der Waals surface area contributed by atoms with Crippen LogP contribution >= 0.6 is 0 Å². The Kier molecular flexibility index (Phi) is 4.94. The molecule has 0 atom stereocenters. The SMILES string of the molecule is [B]C1([B])OC([B])([B])C([B])([B])N(C(=O)Cc2c[nH]c3ccc(OC)cc23)C1([B])[B]. The number of carbonyl (C=O) groups is 1. The van der Waals surface area contributed by atoms with E-state index >= 15 is 0 Å². The number of aromatic amines is 1. The van der Waals surface area contributed by atoms with Gasteiger partial charge in [0.15, 0.2) is 0 Å². The van der Waals surface area contributed by atoms with Crippen LogP contribution < -0.4 is 4.74 Å². The molecule has 0 bridgehead atoms. The van der Waals surface area contributed by atoms with Crippen molar-refractivity contribution in [2.24, 2.45) is 0 Å². The van der Waals surface area contributed by atoms with Crippen LogP contribution in [0.3, 0.4) is 0 Å². The zero-order valence-corrected chi connectivity index (χ0v) is 15.3. The molecule has 0 unspecified atom stereocenters. The van der Waals surface area contributed by atoms with Gasteiger partial charge in [-0.25, -0.2) is 0 Å². The van der Waals surface area contributed by atoms with Crippen molar-refractivity contribution in [1.82, 2.24) is 9.88 Å². The molecule has 1 fully saturated rings. The predicted octanol–water partition coefficient (Wildman–Crippen LogP) is -2.46. The largest absolute Gasteiger partial charge is 0.497 e. The van der Waals surface area contributed by atoms with Crippen LogP contribution in [-0.2, 0) is 16.0 Å². The number of rotatable bonds is 3. The summed E-state index contributed by atoms with van der Waals surface area (Å²) in [5.41, 5.74) is 1.37. The zero-order valence-electron chi connectivity index (χ0n) is 15.3. The van der Waals surface area contributed by atoms with Crippen molar-refractivity contribution in [1.29, 1.82) is 0 Å². The molecule has 5 nitrogen and oxygen atoms in total. The third kappa shape index (κ3) is 3.06. The number of morpholine rings is 1. The molecule has 1 amide bonds. The summed E-state index contributed by atoms with van der Waals surface area (Å²) in [6, 6.07) is 5.34. The van der Waals surface area contributed by atoms with E-state index in [0.717, 1.165) is 10.9 Å². The number of carbonyl (C=O) groups excluding carboxylic acids is 1. The standard InChI is InChI=1S/C15H10B8N2O3/c1-27-8-2-3-10-9(5-8)7(6-24-10)4-11(26)25-12(16,17)14(20,21)28-15(22,23)13(25,18)19/h2-3,5-6,24H,4H2,1H3. The summed E-state index contributed by atoms with van der Waals surface area (Å²) in [4.78, 5) is 16.9. The number of fused-ring (bicyclic) bond motifs is 1. The Bertz CT molecular complexity index is 901. The molecule has 0 aliphatic carbocycles. The Labute approximate surface area is 174 Å². The average molecular weight is 353 g/mol. The van der Waals surface area contributed by atoms with E-state index in [1.54, 1.807) is 24.4 Å². The van der Waals surface area contributed by atoms with Crippen LogP contribution in [0.4, 0.5) is 0 Å². The second-order valence-corrected chi connectivity index (χ2v) is 6.97.